The van der Waals surface area contributed by atoms with Gasteiger partial charge in [-0.2, -0.15) is 5.10 Å². The molecule has 2 aromatic rings. The standard InChI is InChI=1S/C13H15ClFN3/c1-8(10-3-4-12(14)13(15)5-10)18-9(2)11-6-16-17-7-11/h3-9,18H,1-2H3,(H,16,17). The number of aromatic amines is 1. The van der Waals surface area contributed by atoms with Crippen molar-refractivity contribution in [2.75, 3.05) is 0 Å². The normalized spacial score (nSPS) is 14.4. The average Bonchev–Trinajstić information content (AvgIpc) is 2.86. The van der Waals surface area contributed by atoms with E-state index in [4.69, 9.17) is 11.6 Å². The maximum Gasteiger partial charge on any atom is 0.142 e. The van der Waals surface area contributed by atoms with Gasteiger partial charge in [0.05, 0.1) is 11.2 Å². The highest BCUT2D eigenvalue weighted by Gasteiger charge is 2.13. The molecule has 2 atom stereocenters. The van der Waals surface area contributed by atoms with Crippen molar-refractivity contribution in [2.24, 2.45) is 0 Å². The van der Waals surface area contributed by atoms with Crippen LogP contribution in [0, 0.1) is 5.82 Å². The Kier molecular flexibility index (Phi) is 3.99. The Bertz CT molecular complexity index is 513. The zero-order valence-electron chi connectivity index (χ0n) is 10.2. The van der Waals surface area contributed by atoms with Crippen molar-refractivity contribution in [3.63, 3.8) is 0 Å². The zero-order valence-corrected chi connectivity index (χ0v) is 11.0. The summed E-state index contributed by atoms with van der Waals surface area (Å²) in [4.78, 5) is 0. The molecule has 1 heterocycles. The summed E-state index contributed by atoms with van der Waals surface area (Å²) in [5, 5.41) is 10.2. The first-order valence-corrected chi connectivity index (χ1v) is 6.15. The molecule has 2 rings (SSSR count). The fraction of sp³-hybridized carbons (Fsp3) is 0.308. The van der Waals surface area contributed by atoms with Crippen molar-refractivity contribution >= 4 is 11.6 Å². The lowest BCUT2D eigenvalue weighted by Crippen LogP contribution is -2.22. The summed E-state index contributed by atoms with van der Waals surface area (Å²) in [6.45, 7) is 4.02. The van der Waals surface area contributed by atoms with Gasteiger partial charge in [0.2, 0.25) is 0 Å². The molecule has 0 fully saturated rings. The van der Waals surface area contributed by atoms with Gasteiger partial charge in [-0.3, -0.25) is 5.10 Å². The van der Waals surface area contributed by atoms with Crippen molar-refractivity contribution in [2.45, 2.75) is 25.9 Å². The van der Waals surface area contributed by atoms with E-state index in [1.807, 2.05) is 26.1 Å². The van der Waals surface area contributed by atoms with Gasteiger partial charge in [-0.15, -0.1) is 0 Å². The fourth-order valence-electron chi connectivity index (χ4n) is 1.85. The Hall–Kier alpha value is -1.39. The summed E-state index contributed by atoms with van der Waals surface area (Å²) in [7, 11) is 0. The second-order valence-electron chi connectivity index (χ2n) is 4.32. The molecule has 5 heteroatoms. The van der Waals surface area contributed by atoms with Gasteiger partial charge in [0.25, 0.3) is 0 Å². The van der Waals surface area contributed by atoms with Crippen molar-refractivity contribution in [3.8, 4) is 0 Å². The Morgan fingerprint density at radius 1 is 1.28 bits per heavy atom. The van der Waals surface area contributed by atoms with Crippen LogP contribution in [0.15, 0.2) is 30.6 Å². The van der Waals surface area contributed by atoms with Gasteiger partial charge in [-0.1, -0.05) is 17.7 Å². The van der Waals surface area contributed by atoms with Gasteiger partial charge in [0.15, 0.2) is 0 Å². The maximum atomic E-state index is 13.4. The zero-order chi connectivity index (χ0) is 13.1. The van der Waals surface area contributed by atoms with E-state index in [1.165, 1.54) is 6.07 Å². The molecule has 0 radical (unpaired) electrons. The van der Waals surface area contributed by atoms with Crippen LogP contribution < -0.4 is 5.32 Å². The largest absolute Gasteiger partial charge is 0.304 e. The van der Waals surface area contributed by atoms with Crippen molar-refractivity contribution < 1.29 is 4.39 Å². The van der Waals surface area contributed by atoms with Crippen LogP contribution in [0.2, 0.25) is 5.02 Å². The van der Waals surface area contributed by atoms with Crippen LogP contribution in [0.25, 0.3) is 0 Å². The molecule has 0 bridgehead atoms. The monoisotopic (exact) mass is 267 g/mol. The summed E-state index contributed by atoms with van der Waals surface area (Å²) in [5.41, 5.74) is 1.93. The molecule has 1 aromatic carbocycles. The number of hydrogen-bond donors (Lipinski definition) is 2. The second kappa shape index (κ2) is 5.50. The van der Waals surface area contributed by atoms with Gasteiger partial charge >= 0.3 is 0 Å². The van der Waals surface area contributed by atoms with Crippen LogP contribution in [-0.4, -0.2) is 10.2 Å². The summed E-state index contributed by atoms with van der Waals surface area (Å²) in [6.07, 6.45) is 3.61. The van der Waals surface area contributed by atoms with Gasteiger partial charge in [-0.05, 0) is 31.5 Å². The molecule has 0 aliphatic heterocycles. The predicted octanol–water partition coefficient (Wildman–Crippen LogP) is 3.61. The Labute approximate surface area is 110 Å². The number of nitrogens with one attached hydrogen (secondary N) is 2. The van der Waals surface area contributed by atoms with Crippen molar-refractivity contribution in [3.05, 3.63) is 52.6 Å². The van der Waals surface area contributed by atoms with Gasteiger partial charge in [0, 0.05) is 23.8 Å². The minimum Gasteiger partial charge on any atom is -0.304 e. The fourth-order valence-corrected chi connectivity index (χ4v) is 1.96. The lowest BCUT2D eigenvalue weighted by molar-refractivity contribution is 0.492. The molecule has 2 N–H and O–H groups in total. The van der Waals surface area contributed by atoms with Gasteiger partial charge in [0.1, 0.15) is 5.82 Å². The molecule has 0 saturated heterocycles. The first kappa shape index (κ1) is 13.1. The van der Waals surface area contributed by atoms with Crippen LogP contribution in [0.3, 0.4) is 0 Å². The molecule has 3 nitrogen and oxygen atoms in total. The molecule has 18 heavy (non-hydrogen) atoms. The van der Waals surface area contributed by atoms with E-state index in [1.54, 1.807) is 12.3 Å². The predicted molar refractivity (Wildman–Crippen MR) is 70.0 cm³/mol. The van der Waals surface area contributed by atoms with Crippen LogP contribution >= 0.6 is 11.6 Å². The molecule has 1 aromatic heterocycles. The van der Waals surface area contributed by atoms with E-state index >= 15 is 0 Å². The molecular formula is C13H15ClFN3. The molecule has 0 spiro atoms. The lowest BCUT2D eigenvalue weighted by Gasteiger charge is -2.19. The summed E-state index contributed by atoms with van der Waals surface area (Å²) < 4.78 is 13.4. The number of nitrogens with zero attached hydrogens (tertiary/aromatic N) is 1. The van der Waals surface area contributed by atoms with E-state index in [2.05, 4.69) is 15.5 Å². The highest BCUT2D eigenvalue weighted by Crippen LogP contribution is 2.22. The van der Waals surface area contributed by atoms with Crippen LogP contribution in [-0.2, 0) is 0 Å². The SMILES string of the molecule is CC(NC(C)c1ccc(Cl)c(F)c1)c1cn[nH]c1. The third kappa shape index (κ3) is 2.89. The van der Waals surface area contributed by atoms with Crippen LogP contribution in [0.4, 0.5) is 4.39 Å². The smallest absolute Gasteiger partial charge is 0.142 e. The first-order valence-electron chi connectivity index (χ1n) is 5.77. The van der Waals surface area contributed by atoms with Gasteiger partial charge < -0.3 is 5.32 Å². The molecule has 0 aliphatic rings. The molecule has 96 valence electrons. The number of aromatic nitrogens is 2. The summed E-state index contributed by atoms with van der Waals surface area (Å²) >= 11 is 5.66. The third-order valence-electron chi connectivity index (χ3n) is 2.96. The van der Waals surface area contributed by atoms with E-state index in [0.29, 0.717) is 0 Å². The average molecular weight is 268 g/mol. The first-order chi connectivity index (χ1) is 8.58. The number of benzene rings is 1. The molecule has 0 aliphatic carbocycles. The van der Waals surface area contributed by atoms with Gasteiger partial charge in [-0.25, -0.2) is 4.39 Å². The Balaban J connectivity index is 2.07. The minimum absolute atomic E-state index is 0.0293. The maximum absolute atomic E-state index is 13.4. The number of H-pyrrole nitrogens is 1. The Morgan fingerprint density at radius 3 is 2.61 bits per heavy atom. The van der Waals surface area contributed by atoms with Crippen molar-refractivity contribution in [1.29, 1.82) is 0 Å². The second-order valence-corrected chi connectivity index (χ2v) is 4.72. The van der Waals surface area contributed by atoms with Crippen LogP contribution in [0.5, 0.6) is 0 Å². The topological polar surface area (TPSA) is 40.7 Å². The molecule has 0 saturated carbocycles. The minimum atomic E-state index is -0.390. The van der Waals surface area contributed by atoms with Crippen LogP contribution in [0.1, 0.15) is 37.1 Å². The van der Waals surface area contributed by atoms with E-state index in [9.17, 15) is 4.39 Å². The number of halogens is 2. The number of rotatable bonds is 4. The highest BCUT2D eigenvalue weighted by atomic mass is 35.5. The Morgan fingerprint density at radius 2 is 2.00 bits per heavy atom. The molecular weight excluding hydrogens is 253 g/mol. The quantitative estimate of drug-likeness (QED) is 0.888. The summed E-state index contributed by atoms with van der Waals surface area (Å²) in [5.74, 6) is -0.390. The molecule has 2 unspecified atom stereocenters. The van der Waals surface area contributed by atoms with E-state index in [0.717, 1.165) is 11.1 Å². The highest BCUT2D eigenvalue weighted by molar-refractivity contribution is 6.30. The summed E-state index contributed by atoms with van der Waals surface area (Å²) in [6, 6.07) is 5.03. The van der Waals surface area contributed by atoms with E-state index in [-0.39, 0.29) is 17.1 Å². The third-order valence-corrected chi connectivity index (χ3v) is 3.27. The number of hydrogen-bond acceptors (Lipinski definition) is 2. The van der Waals surface area contributed by atoms with E-state index < -0.39 is 5.82 Å². The van der Waals surface area contributed by atoms with Crippen molar-refractivity contribution in [1.82, 2.24) is 15.5 Å². The lowest BCUT2D eigenvalue weighted by atomic mass is 10.1. The molecule has 0 amide bonds.